The Morgan fingerprint density at radius 3 is 1.20 bits per heavy atom. The Morgan fingerprint density at radius 2 is 0.847 bits per heavy atom. The fourth-order valence-electron chi connectivity index (χ4n) is 8.46. The molecule has 1 saturated carbocycles. The van der Waals surface area contributed by atoms with Crippen LogP contribution in [-0.2, 0) is 37.7 Å². The Hall–Kier alpha value is -7.89. The van der Waals surface area contributed by atoms with Crippen molar-refractivity contribution in [2.45, 2.75) is 87.1 Å². The number of furan rings is 1. The van der Waals surface area contributed by atoms with Gasteiger partial charge >= 0.3 is 30.6 Å². The number of hydrogen-bond acceptors (Lipinski definition) is 13. The molecular weight excluding hydrogens is 1170 g/mol. The summed E-state index contributed by atoms with van der Waals surface area (Å²) >= 11 is 0. The van der Waals surface area contributed by atoms with E-state index in [2.05, 4.69) is 30.1 Å². The van der Waals surface area contributed by atoms with Crippen LogP contribution in [0, 0.1) is 59.0 Å². The topological polar surface area (TPSA) is 263 Å². The number of nitrogens with zero attached hydrogens (tertiary/aromatic N) is 6. The zero-order valence-electron chi connectivity index (χ0n) is 50.2. The second-order valence-corrected chi connectivity index (χ2v) is 26.0. The van der Waals surface area contributed by atoms with E-state index in [0.717, 1.165) is 81.1 Å². The van der Waals surface area contributed by atoms with Gasteiger partial charge in [-0.05, 0) is 95.3 Å². The lowest BCUT2D eigenvalue weighted by Gasteiger charge is -2.22. The van der Waals surface area contributed by atoms with Crippen LogP contribution in [0.3, 0.4) is 0 Å². The Kier molecular flexibility index (Phi) is 22.6. The highest BCUT2D eigenvalue weighted by Gasteiger charge is 2.28. The summed E-state index contributed by atoms with van der Waals surface area (Å²) < 4.78 is 137. The zero-order chi connectivity index (χ0) is 63.6. The van der Waals surface area contributed by atoms with Crippen molar-refractivity contribution in [3.8, 4) is 5.88 Å². The van der Waals surface area contributed by atoms with Crippen molar-refractivity contribution in [2.24, 2.45) is 7.05 Å². The highest BCUT2D eigenvalue weighted by Crippen LogP contribution is 2.35. The van der Waals surface area contributed by atoms with Gasteiger partial charge in [-0.3, -0.25) is 28.5 Å². The van der Waals surface area contributed by atoms with E-state index in [-0.39, 0.29) is 46.1 Å². The molecule has 0 spiro atoms. The number of benzene rings is 3. The third-order valence-corrected chi connectivity index (χ3v) is 17.5. The van der Waals surface area contributed by atoms with Crippen LogP contribution in [0.5, 0.6) is 0 Å². The summed E-state index contributed by atoms with van der Waals surface area (Å²) in [5.74, 6) is -3.17. The molecule has 0 atom stereocenters. The SMILES string of the molecule is CC.Cc1ccc(Nc2c(NS(=O)(=O)N(C)C)cn(-c3ccco3)c(=O)c2F)c(C)c1.Cc1ccc(Nc2c(NS(=O)(=O)N(C)C)cn(C)c(=O)c2F)c(C)c1.Cc1ccc(Nc2c(NS(=O)(=O)N(C)C)cn(C3CCCC3)c(=O)c2F)c(C)c1. The van der Waals surface area contributed by atoms with Gasteiger partial charge in [0.2, 0.25) is 23.3 Å². The van der Waals surface area contributed by atoms with E-state index in [0.29, 0.717) is 17.1 Å². The lowest BCUT2D eigenvalue weighted by Crippen LogP contribution is -2.32. The zero-order valence-corrected chi connectivity index (χ0v) is 52.6. The van der Waals surface area contributed by atoms with Crippen molar-refractivity contribution in [2.75, 3.05) is 72.4 Å². The number of pyridine rings is 3. The summed E-state index contributed by atoms with van der Waals surface area (Å²) in [6, 6.07) is 19.3. The van der Waals surface area contributed by atoms with Gasteiger partial charge in [0.15, 0.2) is 0 Å². The standard InChI is InChI=1S/C20H27FN4O3S.C19H21FN4O4S.C16H21FN4O3S.C2H6/c1-13-9-10-16(14(2)11-13)22-19-17(23-29(27,28)24(3)4)12-25(20(26)18(19)21)15-7-5-6-8-15;1-12-7-8-14(13(2)10-12)21-18-15(22-29(26,27)23(3)4)11-24(19(25)17(18)20)16-6-5-9-28-16;1-10-6-7-12(11(2)8-10)18-15-13(19-25(23,24)20(3)4)9-21(5)16(22)14(15)17;1-2/h9-12,15,22-23H,5-8H2,1-4H3;5-11,21-22H,1-4H3;6-9,18-19H,1-5H3;1-2H3. The number of aromatic nitrogens is 3. The fourth-order valence-corrected chi connectivity index (χ4v) is 10.3. The first-order valence-electron chi connectivity index (χ1n) is 26.7. The molecule has 0 amide bonds. The van der Waals surface area contributed by atoms with Crippen molar-refractivity contribution < 1.29 is 42.8 Å². The first-order chi connectivity index (χ1) is 39.7. The molecule has 3 aromatic carbocycles. The summed E-state index contributed by atoms with van der Waals surface area (Å²) in [6.07, 6.45) is 8.60. The van der Waals surface area contributed by atoms with Crippen molar-refractivity contribution in [1.29, 1.82) is 0 Å². The summed E-state index contributed by atoms with van der Waals surface area (Å²) in [5, 5.41) is 8.60. The van der Waals surface area contributed by atoms with E-state index in [1.54, 1.807) is 18.2 Å². The second-order valence-electron chi connectivity index (χ2n) is 20.4. The third kappa shape index (κ3) is 16.7. The molecule has 0 saturated heterocycles. The lowest BCUT2D eigenvalue weighted by atomic mass is 10.1. The van der Waals surface area contributed by atoms with Gasteiger partial charge in [0, 0.05) is 97.1 Å². The first-order valence-corrected chi connectivity index (χ1v) is 31.0. The minimum atomic E-state index is -3.97. The first kappa shape index (κ1) is 67.9. The van der Waals surface area contributed by atoms with Crippen LogP contribution in [0.4, 0.5) is 64.4 Å². The average molecular weight is 1240 g/mol. The van der Waals surface area contributed by atoms with Gasteiger partial charge in [-0.15, -0.1) is 0 Å². The Bertz CT molecular complexity index is 4070. The van der Waals surface area contributed by atoms with Crippen LogP contribution < -0.4 is 46.8 Å². The predicted molar refractivity (Wildman–Crippen MR) is 332 cm³/mol. The van der Waals surface area contributed by atoms with Gasteiger partial charge in [-0.25, -0.2) is 4.57 Å². The van der Waals surface area contributed by atoms with Gasteiger partial charge in [0.05, 0.1) is 23.3 Å². The van der Waals surface area contributed by atoms with Gasteiger partial charge in [0.25, 0.3) is 16.7 Å². The molecular formula is C57H75F3N12O10S3. The summed E-state index contributed by atoms with van der Waals surface area (Å²) in [7, 11) is -2.27. The summed E-state index contributed by atoms with van der Waals surface area (Å²) in [4.78, 5) is 37.2. The molecule has 0 unspecified atom stereocenters. The highest BCUT2D eigenvalue weighted by molar-refractivity contribution is 7.91. The van der Waals surface area contributed by atoms with Crippen LogP contribution in [-0.4, -0.2) is 94.2 Å². The molecule has 1 fully saturated rings. The monoisotopic (exact) mass is 1240 g/mol. The predicted octanol–water partition coefficient (Wildman–Crippen LogP) is 9.96. The maximum absolute atomic E-state index is 15.2. The molecule has 22 nitrogen and oxygen atoms in total. The van der Waals surface area contributed by atoms with E-state index in [1.807, 2.05) is 91.8 Å². The van der Waals surface area contributed by atoms with Gasteiger partial charge in [0.1, 0.15) is 17.1 Å². The van der Waals surface area contributed by atoms with E-state index >= 15 is 8.78 Å². The Labute approximate surface area is 494 Å². The van der Waals surface area contributed by atoms with Gasteiger partial charge in [-0.1, -0.05) is 79.8 Å². The molecule has 8 rings (SSSR count). The average Bonchev–Trinajstić information content (AvgIpc) is 3.82. The molecule has 0 aliphatic heterocycles. The highest BCUT2D eigenvalue weighted by atomic mass is 32.2. The molecule has 0 radical (unpaired) electrons. The van der Waals surface area contributed by atoms with Gasteiger partial charge in [-0.2, -0.15) is 51.3 Å². The van der Waals surface area contributed by atoms with Crippen LogP contribution in [0.15, 0.2) is 110 Å². The molecule has 28 heteroatoms. The van der Waals surface area contributed by atoms with Crippen LogP contribution in [0.1, 0.15) is 79.0 Å². The van der Waals surface area contributed by atoms with Crippen molar-refractivity contribution in [3.05, 3.63) is 173 Å². The number of anilines is 9. The molecule has 1 aliphatic rings. The van der Waals surface area contributed by atoms with Crippen LogP contribution in [0.25, 0.3) is 5.88 Å². The van der Waals surface area contributed by atoms with Gasteiger partial charge < -0.3 is 29.5 Å². The lowest BCUT2D eigenvalue weighted by molar-refractivity contribution is 0.478. The third-order valence-electron chi connectivity index (χ3n) is 13.2. The Morgan fingerprint density at radius 1 is 0.494 bits per heavy atom. The van der Waals surface area contributed by atoms with Crippen molar-refractivity contribution in [3.63, 3.8) is 0 Å². The maximum Gasteiger partial charge on any atom is 0.301 e. The largest absolute Gasteiger partial charge is 0.448 e. The van der Waals surface area contributed by atoms with Crippen molar-refractivity contribution in [1.82, 2.24) is 26.6 Å². The van der Waals surface area contributed by atoms with E-state index in [9.17, 15) is 44.0 Å². The number of rotatable bonds is 17. The summed E-state index contributed by atoms with van der Waals surface area (Å²) in [6.45, 7) is 15.3. The van der Waals surface area contributed by atoms with E-state index < -0.39 is 64.8 Å². The minimum absolute atomic E-state index is 0.00248. The van der Waals surface area contributed by atoms with E-state index in [1.165, 1.54) is 90.9 Å². The number of aryl methyl sites for hydroxylation is 7. The number of nitrogens with one attached hydrogen (secondary N) is 6. The molecule has 462 valence electrons. The normalized spacial score (nSPS) is 12.6. The van der Waals surface area contributed by atoms with E-state index in [4.69, 9.17) is 4.42 Å². The molecule has 4 heterocycles. The molecule has 1 aliphatic carbocycles. The summed E-state index contributed by atoms with van der Waals surface area (Å²) in [5.41, 5.74) is 3.79. The van der Waals surface area contributed by atoms with Crippen LogP contribution >= 0.6 is 0 Å². The second kappa shape index (κ2) is 28.3. The number of halogens is 3. The molecule has 0 bridgehead atoms. The minimum Gasteiger partial charge on any atom is -0.448 e. The van der Waals surface area contributed by atoms with Crippen molar-refractivity contribution >= 4 is 81.8 Å². The molecule has 85 heavy (non-hydrogen) atoms. The quantitative estimate of drug-likeness (QED) is 0.0496. The molecule has 7 aromatic rings. The molecule has 4 aromatic heterocycles. The number of hydrogen-bond donors (Lipinski definition) is 6. The fraction of sp³-hybridized carbons (Fsp3) is 0.351. The smallest absolute Gasteiger partial charge is 0.301 e. The Balaban J connectivity index is 0.000000230. The maximum atomic E-state index is 15.2. The molecule has 6 N–H and O–H groups in total. The van der Waals surface area contributed by atoms with Crippen LogP contribution in [0.2, 0.25) is 0 Å².